The number of amides is 1. The lowest BCUT2D eigenvalue weighted by Crippen LogP contribution is -2.53. The SMILES string of the molecule is CC[C@H]1CN(C(=O)COCC(F)(F)C(F)F)CCN1. The van der Waals surface area contributed by atoms with Gasteiger partial charge in [0.2, 0.25) is 5.91 Å². The number of halogens is 4. The molecule has 0 aliphatic carbocycles. The molecular formula is C11H18F4N2O2. The van der Waals surface area contributed by atoms with Crippen LogP contribution in [0.25, 0.3) is 0 Å². The van der Waals surface area contributed by atoms with Gasteiger partial charge in [0.15, 0.2) is 0 Å². The largest absolute Gasteiger partial charge is 0.365 e. The summed E-state index contributed by atoms with van der Waals surface area (Å²) in [6.07, 6.45) is -2.94. The van der Waals surface area contributed by atoms with Crippen LogP contribution in [0.1, 0.15) is 13.3 Å². The lowest BCUT2D eigenvalue weighted by molar-refractivity contribution is -0.171. The summed E-state index contributed by atoms with van der Waals surface area (Å²) in [6, 6.07) is 0.167. The highest BCUT2D eigenvalue weighted by Crippen LogP contribution is 2.22. The van der Waals surface area contributed by atoms with Crippen molar-refractivity contribution < 1.29 is 27.1 Å². The van der Waals surface area contributed by atoms with Crippen LogP contribution in [0.3, 0.4) is 0 Å². The summed E-state index contributed by atoms with van der Waals surface area (Å²) in [5.41, 5.74) is 0. The maximum Gasteiger partial charge on any atom is 0.330 e. The summed E-state index contributed by atoms with van der Waals surface area (Å²) in [4.78, 5) is 13.1. The zero-order valence-corrected chi connectivity index (χ0v) is 10.7. The van der Waals surface area contributed by atoms with E-state index >= 15 is 0 Å². The van der Waals surface area contributed by atoms with Gasteiger partial charge >= 0.3 is 12.3 Å². The highest BCUT2D eigenvalue weighted by atomic mass is 19.3. The fourth-order valence-electron chi connectivity index (χ4n) is 1.75. The predicted octanol–water partition coefficient (Wildman–Crippen LogP) is 1.11. The lowest BCUT2D eigenvalue weighted by Gasteiger charge is -2.33. The molecule has 0 spiro atoms. The molecule has 1 saturated heterocycles. The van der Waals surface area contributed by atoms with E-state index in [2.05, 4.69) is 10.1 Å². The van der Waals surface area contributed by atoms with Gasteiger partial charge in [0.25, 0.3) is 0 Å². The second kappa shape index (κ2) is 7.04. The Hall–Kier alpha value is -0.890. The zero-order valence-electron chi connectivity index (χ0n) is 10.7. The molecule has 1 aliphatic heterocycles. The van der Waals surface area contributed by atoms with Gasteiger partial charge < -0.3 is 15.0 Å². The molecule has 0 saturated carbocycles. The molecule has 8 heteroatoms. The van der Waals surface area contributed by atoms with Crippen LogP contribution >= 0.6 is 0 Å². The Morgan fingerprint density at radius 3 is 2.79 bits per heavy atom. The zero-order chi connectivity index (χ0) is 14.5. The topological polar surface area (TPSA) is 41.6 Å². The Kier molecular flexibility index (Phi) is 5.99. The van der Waals surface area contributed by atoms with Crippen molar-refractivity contribution >= 4 is 5.91 Å². The molecule has 0 radical (unpaired) electrons. The van der Waals surface area contributed by atoms with Crippen molar-refractivity contribution in [2.75, 3.05) is 32.8 Å². The molecule has 4 nitrogen and oxygen atoms in total. The van der Waals surface area contributed by atoms with Gasteiger partial charge in [0.05, 0.1) is 0 Å². The summed E-state index contributed by atoms with van der Waals surface area (Å²) in [5.74, 6) is -4.67. The third kappa shape index (κ3) is 4.94. The molecule has 0 aromatic rings. The molecule has 1 fully saturated rings. The molecule has 0 aromatic heterocycles. The van der Waals surface area contributed by atoms with E-state index in [1.54, 1.807) is 0 Å². The first kappa shape index (κ1) is 16.2. The van der Waals surface area contributed by atoms with Gasteiger partial charge in [0, 0.05) is 25.7 Å². The van der Waals surface area contributed by atoms with Gasteiger partial charge in [-0.1, -0.05) is 6.92 Å². The van der Waals surface area contributed by atoms with Gasteiger partial charge in [-0.15, -0.1) is 0 Å². The van der Waals surface area contributed by atoms with Crippen molar-refractivity contribution in [3.05, 3.63) is 0 Å². The number of hydrogen-bond acceptors (Lipinski definition) is 3. The molecule has 1 rings (SSSR count). The monoisotopic (exact) mass is 286 g/mol. The number of alkyl halides is 4. The van der Waals surface area contributed by atoms with Crippen LogP contribution in [0.4, 0.5) is 17.6 Å². The summed E-state index contributed by atoms with van der Waals surface area (Å²) in [5, 5.41) is 3.20. The van der Waals surface area contributed by atoms with E-state index in [0.29, 0.717) is 19.6 Å². The summed E-state index contributed by atoms with van der Waals surface area (Å²) < 4.78 is 53.2. The molecule has 112 valence electrons. The smallest absolute Gasteiger partial charge is 0.330 e. The quantitative estimate of drug-likeness (QED) is 0.744. The van der Waals surface area contributed by atoms with E-state index in [0.717, 1.165) is 6.42 Å². The van der Waals surface area contributed by atoms with Crippen molar-refractivity contribution in [3.63, 3.8) is 0 Å². The number of piperazine rings is 1. The third-order valence-corrected chi connectivity index (χ3v) is 2.94. The number of rotatable bonds is 6. The van der Waals surface area contributed by atoms with Crippen molar-refractivity contribution in [2.24, 2.45) is 0 Å². The molecule has 0 bridgehead atoms. The van der Waals surface area contributed by atoms with Gasteiger partial charge in [0.1, 0.15) is 13.2 Å². The van der Waals surface area contributed by atoms with Crippen LogP contribution in [-0.4, -0.2) is 62.0 Å². The second-order valence-electron chi connectivity index (χ2n) is 4.45. The highest BCUT2D eigenvalue weighted by Gasteiger charge is 2.41. The second-order valence-corrected chi connectivity index (χ2v) is 4.45. The fourth-order valence-corrected chi connectivity index (χ4v) is 1.75. The highest BCUT2D eigenvalue weighted by molar-refractivity contribution is 5.77. The number of nitrogens with zero attached hydrogens (tertiary/aromatic N) is 1. The molecule has 1 heterocycles. The molecule has 1 N–H and O–H groups in total. The Morgan fingerprint density at radius 1 is 1.53 bits per heavy atom. The Labute approximate surface area is 109 Å². The average Bonchev–Trinajstić information content (AvgIpc) is 2.38. The van der Waals surface area contributed by atoms with E-state index in [-0.39, 0.29) is 6.04 Å². The van der Waals surface area contributed by atoms with Crippen LogP contribution in [0.5, 0.6) is 0 Å². The number of carbonyl (C=O) groups is 1. The first-order valence-corrected chi connectivity index (χ1v) is 6.11. The van der Waals surface area contributed by atoms with E-state index in [1.807, 2.05) is 6.92 Å². The van der Waals surface area contributed by atoms with Crippen LogP contribution in [0.2, 0.25) is 0 Å². The van der Waals surface area contributed by atoms with Crippen molar-refractivity contribution in [2.45, 2.75) is 31.7 Å². The third-order valence-electron chi connectivity index (χ3n) is 2.94. The van der Waals surface area contributed by atoms with Crippen LogP contribution in [0.15, 0.2) is 0 Å². The van der Waals surface area contributed by atoms with Crippen LogP contribution in [0, 0.1) is 0 Å². The Bertz CT molecular complexity index is 302. The van der Waals surface area contributed by atoms with E-state index in [1.165, 1.54) is 4.90 Å². The van der Waals surface area contributed by atoms with E-state index in [9.17, 15) is 22.4 Å². The summed E-state index contributed by atoms with van der Waals surface area (Å²) in [6.45, 7) is 1.48. The maximum atomic E-state index is 12.5. The molecule has 19 heavy (non-hydrogen) atoms. The summed E-state index contributed by atoms with van der Waals surface area (Å²) in [7, 11) is 0. The number of carbonyl (C=O) groups excluding carboxylic acids is 1. The van der Waals surface area contributed by atoms with E-state index in [4.69, 9.17) is 0 Å². The standard InChI is InChI=1S/C11H18F4N2O2/c1-2-8-5-17(4-3-16-8)9(18)6-19-7-11(14,15)10(12)13/h8,10,16H,2-7H2,1H3/t8-/m0/s1. The van der Waals surface area contributed by atoms with Crippen LogP contribution in [-0.2, 0) is 9.53 Å². The number of nitrogens with one attached hydrogen (secondary N) is 1. The van der Waals surface area contributed by atoms with Gasteiger partial charge in [-0.2, -0.15) is 8.78 Å². The summed E-state index contributed by atoms with van der Waals surface area (Å²) >= 11 is 0. The molecule has 1 amide bonds. The molecular weight excluding hydrogens is 268 g/mol. The van der Waals surface area contributed by atoms with Gasteiger partial charge in [-0.3, -0.25) is 4.79 Å². The number of hydrogen-bond donors (Lipinski definition) is 1. The van der Waals surface area contributed by atoms with Gasteiger partial charge in [-0.05, 0) is 6.42 Å². The molecule has 0 aromatic carbocycles. The minimum absolute atomic E-state index is 0.167. The minimum atomic E-state index is -4.21. The van der Waals surface area contributed by atoms with Crippen molar-refractivity contribution in [1.29, 1.82) is 0 Å². The first-order chi connectivity index (χ1) is 8.86. The minimum Gasteiger partial charge on any atom is -0.365 e. The number of ether oxygens (including phenoxy) is 1. The van der Waals surface area contributed by atoms with Crippen LogP contribution < -0.4 is 5.32 Å². The van der Waals surface area contributed by atoms with Gasteiger partial charge in [-0.25, -0.2) is 8.78 Å². The maximum absolute atomic E-state index is 12.5. The first-order valence-electron chi connectivity index (χ1n) is 6.11. The van der Waals surface area contributed by atoms with E-state index < -0.39 is 31.5 Å². The van der Waals surface area contributed by atoms with Crippen molar-refractivity contribution in [3.8, 4) is 0 Å². The average molecular weight is 286 g/mol. The Morgan fingerprint density at radius 2 is 2.21 bits per heavy atom. The molecule has 1 atom stereocenters. The van der Waals surface area contributed by atoms with Crippen molar-refractivity contribution in [1.82, 2.24) is 10.2 Å². The normalized spacial score (nSPS) is 20.9. The molecule has 0 unspecified atom stereocenters. The Balaban J connectivity index is 2.31. The predicted molar refractivity (Wildman–Crippen MR) is 60.4 cm³/mol. The molecule has 1 aliphatic rings. The lowest BCUT2D eigenvalue weighted by atomic mass is 10.1. The fraction of sp³-hybridized carbons (Fsp3) is 0.909.